The zero-order valence-corrected chi connectivity index (χ0v) is 11.9. The molecule has 1 aliphatic carbocycles. The number of fused-ring (bicyclic) bond motifs is 3. The van der Waals surface area contributed by atoms with Crippen molar-refractivity contribution < 1.29 is 4.79 Å². The molecule has 0 N–H and O–H groups in total. The van der Waals surface area contributed by atoms with Gasteiger partial charge >= 0.3 is 0 Å². The summed E-state index contributed by atoms with van der Waals surface area (Å²) in [4.78, 5) is 14.5. The van der Waals surface area contributed by atoms with Gasteiger partial charge in [-0.1, -0.05) is 24.6 Å². The molecule has 0 radical (unpaired) electrons. The topological polar surface area (TPSA) is 25.2 Å². The number of carbonyl (C=O) groups excluding carboxylic acids is 1. The quantitative estimate of drug-likeness (QED) is 0.780. The van der Waals surface area contributed by atoms with Crippen LogP contribution in [0.25, 0.3) is 10.9 Å². The van der Waals surface area contributed by atoms with Crippen LogP contribution in [-0.4, -0.2) is 21.9 Å². The molecule has 3 nitrogen and oxygen atoms in total. The summed E-state index contributed by atoms with van der Waals surface area (Å²) in [6.45, 7) is 1.67. The SMILES string of the molecule is Cn1c2c(c3ccccc31)CCN(C(=O)C1CCC1)C2. The lowest BCUT2D eigenvalue weighted by atomic mass is 9.84. The monoisotopic (exact) mass is 268 g/mol. The van der Waals surface area contributed by atoms with Gasteiger partial charge in [0, 0.05) is 36.1 Å². The van der Waals surface area contributed by atoms with Gasteiger partial charge in [0.1, 0.15) is 0 Å². The fourth-order valence-electron chi connectivity index (χ4n) is 3.61. The molecule has 2 aromatic rings. The number of nitrogens with zero attached hydrogens (tertiary/aromatic N) is 2. The van der Waals surface area contributed by atoms with Gasteiger partial charge in [-0.15, -0.1) is 0 Å². The lowest BCUT2D eigenvalue weighted by Gasteiger charge is -2.34. The number of hydrogen-bond donors (Lipinski definition) is 0. The first kappa shape index (κ1) is 12.0. The van der Waals surface area contributed by atoms with Crippen LogP contribution in [0.1, 0.15) is 30.5 Å². The van der Waals surface area contributed by atoms with Crippen molar-refractivity contribution in [2.45, 2.75) is 32.2 Å². The van der Waals surface area contributed by atoms with Gasteiger partial charge in [0.25, 0.3) is 0 Å². The van der Waals surface area contributed by atoms with E-state index in [9.17, 15) is 4.79 Å². The van der Waals surface area contributed by atoms with Crippen molar-refractivity contribution in [2.24, 2.45) is 13.0 Å². The molecule has 2 aliphatic rings. The molecule has 2 heterocycles. The minimum absolute atomic E-state index is 0.311. The van der Waals surface area contributed by atoms with E-state index in [4.69, 9.17) is 0 Å². The number of hydrogen-bond acceptors (Lipinski definition) is 1. The fraction of sp³-hybridized carbons (Fsp3) is 0.471. The smallest absolute Gasteiger partial charge is 0.226 e. The third-order valence-electron chi connectivity index (χ3n) is 5.08. The Morgan fingerprint density at radius 3 is 2.80 bits per heavy atom. The summed E-state index contributed by atoms with van der Waals surface area (Å²) in [6.07, 6.45) is 4.41. The Hall–Kier alpha value is -1.77. The maximum Gasteiger partial charge on any atom is 0.226 e. The van der Waals surface area contributed by atoms with Crippen LogP contribution in [0.5, 0.6) is 0 Å². The molecule has 1 aromatic carbocycles. The summed E-state index contributed by atoms with van der Waals surface area (Å²) in [6, 6.07) is 8.57. The number of rotatable bonds is 1. The number of amides is 1. The Bertz CT molecular complexity index is 682. The highest BCUT2D eigenvalue weighted by Crippen LogP contribution is 2.33. The highest BCUT2D eigenvalue weighted by molar-refractivity contribution is 5.87. The molecule has 0 unspecified atom stereocenters. The zero-order valence-electron chi connectivity index (χ0n) is 11.9. The van der Waals surface area contributed by atoms with Crippen LogP contribution in [0.2, 0.25) is 0 Å². The fourth-order valence-corrected chi connectivity index (χ4v) is 3.61. The van der Waals surface area contributed by atoms with Gasteiger partial charge in [-0.2, -0.15) is 0 Å². The number of carbonyl (C=O) groups is 1. The van der Waals surface area contributed by atoms with Crippen LogP contribution in [0.15, 0.2) is 24.3 Å². The second-order valence-electron chi connectivity index (χ2n) is 6.14. The number of aromatic nitrogens is 1. The third kappa shape index (κ3) is 1.62. The lowest BCUT2D eigenvalue weighted by Crippen LogP contribution is -2.42. The molecule has 4 rings (SSSR count). The molecule has 1 saturated carbocycles. The minimum atomic E-state index is 0.311. The number of benzene rings is 1. The Morgan fingerprint density at radius 2 is 2.05 bits per heavy atom. The summed E-state index contributed by atoms with van der Waals surface area (Å²) >= 11 is 0. The van der Waals surface area contributed by atoms with Crippen molar-refractivity contribution in [1.29, 1.82) is 0 Å². The first-order valence-electron chi connectivity index (χ1n) is 7.59. The van der Waals surface area contributed by atoms with Crippen LogP contribution >= 0.6 is 0 Å². The molecule has 104 valence electrons. The van der Waals surface area contributed by atoms with Crippen LogP contribution in [0.4, 0.5) is 0 Å². The van der Waals surface area contributed by atoms with Gasteiger partial charge < -0.3 is 9.47 Å². The molecule has 20 heavy (non-hydrogen) atoms. The molecule has 0 spiro atoms. The van der Waals surface area contributed by atoms with Crippen LogP contribution in [0.3, 0.4) is 0 Å². The Morgan fingerprint density at radius 1 is 1.25 bits per heavy atom. The number of aryl methyl sites for hydroxylation is 1. The Labute approximate surface area is 119 Å². The maximum absolute atomic E-state index is 12.4. The molecule has 1 aromatic heterocycles. The highest BCUT2D eigenvalue weighted by atomic mass is 16.2. The van der Waals surface area contributed by atoms with E-state index < -0.39 is 0 Å². The summed E-state index contributed by atoms with van der Waals surface area (Å²) in [7, 11) is 2.12. The van der Waals surface area contributed by atoms with Crippen molar-refractivity contribution in [1.82, 2.24) is 9.47 Å². The van der Waals surface area contributed by atoms with Crippen molar-refractivity contribution in [3.05, 3.63) is 35.5 Å². The lowest BCUT2D eigenvalue weighted by molar-refractivity contribution is -0.139. The van der Waals surface area contributed by atoms with Crippen molar-refractivity contribution in [3.63, 3.8) is 0 Å². The van der Waals surface area contributed by atoms with Gasteiger partial charge in [-0.3, -0.25) is 4.79 Å². The molecule has 0 bridgehead atoms. The Balaban J connectivity index is 1.70. The first-order valence-corrected chi connectivity index (χ1v) is 7.59. The first-order chi connectivity index (χ1) is 9.75. The van der Waals surface area contributed by atoms with E-state index in [0.29, 0.717) is 11.8 Å². The van der Waals surface area contributed by atoms with Gasteiger partial charge in [0.05, 0.1) is 6.54 Å². The standard InChI is InChI=1S/C17H20N2O/c1-18-15-8-3-2-7-13(15)14-9-10-19(11-16(14)18)17(20)12-5-4-6-12/h2-3,7-8,12H,4-6,9-11H2,1H3. The summed E-state index contributed by atoms with van der Waals surface area (Å²) in [5.74, 6) is 0.693. The van der Waals surface area contributed by atoms with E-state index in [2.05, 4.69) is 40.8 Å². The molecule has 1 amide bonds. The van der Waals surface area contributed by atoms with E-state index in [1.165, 1.54) is 28.6 Å². The third-order valence-corrected chi connectivity index (χ3v) is 5.08. The van der Waals surface area contributed by atoms with Gasteiger partial charge in [-0.05, 0) is 30.9 Å². The molecule has 1 fully saturated rings. The van der Waals surface area contributed by atoms with E-state index >= 15 is 0 Å². The normalized spacial score (nSPS) is 18.9. The molecule has 1 aliphatic heterocycles. The predicted octanol–water partition coefficient (Wildman–Crippen LogP) is 2.86. The zero-order chi connectivity index (χ0) is 13.7. The summed E-state index contributed by atoms with van der Waals surface area (Å²) in [5.41, 5.74) is 4.06. The van der Waals surface area contributed by atoms with E-state index in [-0.39, 0.29) is 0 Å². The summed E-state index contributed by atoms with van der Waals surface area (Å²) < 4.78 is 2.27. The number of para-hydroxylation sites is 1. The Kier molecular flexibility index (Phi) is 2.62. The molecular formula is C17H20N2O. The second kappa shape index (κ2) is 4.37. The predicted molar refractivity (Wildman–Crippen MR) is 79.4 cm³/mol. The van der Waals surface area contributed by atoms with Crippen molar-refractivity contribution in [3.8, 4) is 0 Å². The second-order valence-corrected chi connectivity index (χ2v) is 6.14. The van der Waals surface area contributed by atoms with Crippen LogP contribution in [-0.2, 0) is 24.8 Å². The minimum Gasteiger partial charge on any atom is -0.346 e. The molecule has 3 heteroatoms. The van der Waals surface area contributed by atoms with Crippen molar-refractivity contribution >= 4 is 16.8 Å². The van der Waals surface area contributed by atoms with Gasteiger partial charge in [-0.25, -0.2) is 0 Å². The molecule has 0 saturated heterocycles. The average Bonchev–Trinajstić information content (AvgIpc) is 2.71. The van der Waals surface area contributed by atoms with Gasteiger partial charge in [0.2, 0.25) is 5.91 Å². The molecule has 0 atom stereocenters. The largest absolute Gasteiger partial charge is 0.346 e. The van der Waals surface area contributed by atoms with E-state index in [0.717, 1.165) is 32.4 Å². The van der Waals surface area contributed by atoms with E-state index in [1.54, 1.807) is 0 Å². The highest BCUT2D eigenvalue weighted by Gasteiger charge is 2.32. The maximum atomic E-state index is 12.4. The van der Waals surface area contributed by atoms with E-state index in [1.807, 2.05) is 0 Å². The summed E-state index contributed by atoms with van der Waals surface area (Å²) in [5, 5.41) is 1.36. The average molecular weight is 268 g/mol. The molecular weight excluding hydrogens is 248 g/mol. The van der Waals surface area contributed by atoms with Crippen LogP contribution in [0, 0.1) is 5.92 Å². The van der Waals surface area contributed by atoms with Gasteiger partial charge in [0.15, 0.2) is 0 Å². The van der Waals surface area contributed by atoms with Crippen molar-refractivity contribution in [2.75, 3.05) is 6.54 Å². The van der Waals surface area contributed by atoms with Crippen LogP contribution < -0.4 is 0 Å².